The molecule has 1 aliphatic rings. The lowest BCUT2D eigenvalue weighted by Gasteiger charge is -2.22. The molecule has 0 aliphatic carbocycles. The predicted molar refractivity (Wildman–Crippen MR) is 116 cm³/mol. The van der Waals surface area contributed by atoms with Gasteiger partial charge in [0.1, 0.15) is 4.83 Å². The minimum absolute atomic E-state index is 0.0295. The molecule has 1 aliphatic heterocycles. The molecular formula is C21H20N4O2S2. The molecule has 0 spiro atoms. The van der Waals surface area contributed by atoms with Crippen molar-refractivity contribution in [1.29, 1.82) is 0 Å². The number of hydrogen-bond donors (Lipinski definition) is 0. The highest BCUT2D eigenvalue weighted by Crippen LogP contribution is 2.29. The fourth-order valence-electron chi connectivity index (χ4n) is 3.79. The Kier molecular flexibility index (Phi) is 4.60. The molecule has 1 saturated heterocycles. The zero-order valence-electron chi connectivity index (χ0n) is 16.0. The maximum atomic E-state index is 13.1. The van der Waals surface area contributed by atoms with Crippen LogP contribution < -0.4 is 0 Å². The SMILES string of the molecule is Cc1cccc(C(=O)N2CCCN(C(=O)c3cc4c(nc5sccn54)s3)CC2)c1. The number of carbonyl (C=O) groups is 2. The summed E-state index contributed by atoms with van der Waals surface area (Å²) in [5.41, 5.74) is 2.77. The van der Waals surface area contributed by atoms with Gasteiger partial charge in [0.25, 0.3) is 11.8 Å². The lowest BCUT2D eigenvalue weighted by atomic mass is 10.1. The lowest BCUT2D eigenvalue weighted by molar-refractivity contribution is 0.0721. The van der Waals surface area contributed by atoms with E-state index in [1.165, 1.54) is 11.3 Å². The molecule has 1 aromatic carbocycles. The number of carbonyl (C=O) groups excluding carboxylic acids is 2. The Bertz CT molecular complexity index is 1220. The molecule has 3 aromatic heterocycles. The Morgan fingerprint density at radius 3 is 2.62 bits per heavy atom. The Balaban J connectivity index is 1.31. The van der Waals surface area contributed by atoms with Crippen LogP contribution in [-0.2, 0) is 0 Å². The highest BCUT2D eigenvalue weighted by Gasteiger charge is 2.25. The van der Waals surface area contributed by atoms with Gasteiger partial charge in [-0.1, -0.05) is 17.7 Å². The van der Waals surface area contributed by atoms with Crippen molar-refractivity contribution >= 4 is 49.8 Å². The Hall–Kier alpha value is -2.71. The highest BCUT2D eigenvalue weighted by molar-refractivity contribution is 7.21. The van der Waals surface area contributed by atoms with E-state index in [1.54, 1.807) is 11.3 Å². The van der Waals surface area contributed by atoms with E-state index in [1.807, 2.05) is 63.0 Å². The summed E-state index contributed by atoms with van der Waals surface area (Å²) in [5, 5.41) is 2.00. The Labute approximate surface area is 176 Å². The van der Waals surface area contributed by atoms with Crippen molar-refractivity contribution in [2.24, 2.45) is 0 Å². The Morgan fingerprint density at radius 2 is 1.83 bits per heavy atom. The molecule has 4 heterocycles. The molecule has 29 heavy (non-hydrogen) atoms. The number of thiophene rings is 1. The van der Waals surface area contributed by atoms with Crippen LogP contribution in [-0.4, -0.2) is 57.2 Å². The van der Waals surface area contributed by atoms with Gasteiger partial charge in [0.05, 0.1) is 10.4 Å². The first-order valence-electron chi connectivity index (χ1n) is 9.60. The summed E-state index contributed by atoms with van der Waals surface area (Å²) in [6.07, 6.45) is 2.76. The van der Waals surface area contributed by atoms with E-state index in [2.05, 4.69) is 4.98 Å². The largest absolute Gasteiger partial charge is 0.337 e. The van der Waals surface area contributed by atoms with Gasteiger partial charge in [-0.2, -0.15) is 0 Å². The number of nitrogens with zero attached hydrogens (tertiary/aromatic N) is 4. The standard InChI is InChI=1S/C21H20N4O2S2/c1-14-4-2-5-15(12-14)19(26)23-6-3-7-24(9-8-23)20(27)17-13-16-18(29-17)22-21-25(16)10-11-28-21/h2,4-5,10-13H,3,6-9H2,1H3. The average molecular weight is 425 g/mol. The van der Waals surface area contributed by atoms with Crippen LogP contribution in [0.3, 0.4) is 0 Å². The minimum Gasteiger partial charge on any atom is -0.337 e. The second kappa shape index (κ2) is 7.27. The average Bonchev–Trinajstić information content (AvgIpc) is 3.34. The zero-order chi connectivity index (χ0) is 20.0. The number of hydrogen-bond acceptors (Lipinski definition) is 5. The van der Waals surface area contributed by atoms with Gasteiger partial charge in [-0.05, 0) is 31.5 Å². The summed E-state index contributed by atoms with van der Waals surface area (Å²) in [5.74, 6) is 0.0696. The van der Waals surface area contributed by atoms with E-state index >= 15 is 0 Å². The van der Waals surface area contributed by atoms with Gasteiger partial charge in [0.2, 0.25) is 0 Å². The normalized spacial score (nSPS) is 15.2. The molecule has 0 radical (unpaired) electrons. The molecule has 6 nitrogen and oxygen atoms in total. The van der Waals surface area contributed by atoms with Crippen LogP contribution >= 0.6 is 22.7 Å². The van der Waals surface area contributed by atoms with Gasteiger partial charge in [-0.15, -0.1) is 22.7 Å². The number of fused-ring (bicyclic) bond motifs is 3. The maximum absolute atomic E-state index is 13.1. The first kappa shape index (κ1) is 18.3. The van der Waals surface area contributed by atoms with Gasteiger partial charge in [0.15, 0.2) is 4.96 Å². The number of thiazole rings is 1. The summed E-state index contributed by atoms with van der Waals surface area (Å²) in [6, 6.07) is 9.62. The molecule has 0 atom stereocenters. The topological polar surface area (TPSA) is 57.9 Å². The van der Waals surface area contributed by atoms with Crippen LogP contribution in [0.4, 0.5) is 0 Å². The molecular weight excluding hydrogens is 404 g/mol. The molecule has 0 bridgehead atoms. The highest BCUT2D eigenvalue weighted by atomic mass is 32.1. The number of rotatable bonds is 2. The van der Waals surface area contributed by atoms with Crippen molar-refractivity contribution in [1.82, 2.24) is 19.2 Å². The monoisotopic (exact) mass is 424 g/mol. The number of amides is 2. The molecule has 0 N–H and O–H groups in total. The molecule has 0 unspecified atom stereocenters. The van der Waals surface area contributed by atoms with Crippen molar-refractivity contribution in [3.63, 3.8) is 0 Å². The van der Waals surface area contributed by atoms with E-state index in [0.29, 0.717) is 36.6 Å². The minimum atomic E-state index is 0.0295. The van der Waals surface area contributed by atoms with Gasteiger partial charge in [0, 0.05) is 43.3 Å². The van der Waals surface area contributed by atoms with E-state index < -0.39 is 0 Å². The summed E-state index contributed by atoms with van der Waals surface area (Å²) in [6.45, 7) is 4.42. The van der Waals surface area contributed by atoms with Crippen LogP contribution in [0, 0.1) is 6.92 Å². The van der Waals surface area contributed by atoms with E-state index in [0.717, 1.165) is 27.3 Å². The van der Waals surface area contributed by atoms with Crippen LogP contribution in [0.5, 0.6) is 0 Å². The quantitative estimate of drug-likeness (QED) is 0.490. The van der Waals surface area contributed by atoms with Crippen LogP contribution in [0.25, 0.3) is 15.3 Å². The number of aryl methyl sites for hydroxylation is 1. The first-order chi connectivity index (χ1) is 14.1. The number of benzene rings is 1. The molecule has 8 heteroatoms. The molecule has 1 fully saturated rings. The number of aromatic nitrogens is 2. The third kappa shape index (κ3) is 3.32. The second-order valence-corrected chi connectivity index (χ2v) is 9.18. The van der Waals surface area contributed by atoms with Crippen molar-refractivity contribution in [2.45, 2.75) is 13.3 Å². The molecule has 5 rings (SSSR count). The van der Waals surface area contributed by atoms with E-state index in [4.69, 9.17) is 0 Å². The molecule has 4 aromatic rings. The van der Waals surface area contributed by atoms with Gasteiger partial charge in [-0.25, -0.2) is 4.98 Å². The molecule has 0 saturated carbocycles. The molecule has 148 valence electrons. The third-order valence-corrected chi connectivity index (χ3v) is 7.05. The summed E-state index contributed by atoms with van der Waals surface area (Å²) in [7, 11) is 0. The number of imidazole rings is 1. The summed E-state index contributed by atoms with van der Waals surface area (Å²) in [4.78, 5) is 36.8. The van der Waals surface area contributed by atoms with Crippen LogP contribution in [0.15, 0.2) is 41.9 Å². The van der Waals surface area contributed by atoms with E-state index in [-0.39, 0.29) is 11.8 Å². The molecule has 2 amide bonds. The van der Waals surface area contributed by atoms with Crippen molar-refractivity contribution < 1.29 is 9.59 Å². The van der Waals surface area contributed by atoms with Crippen LogP contribution in [0.1, 0.15) is 32.0 Å². The predicted octanol–water partition coefficient (Wildman–Crippen LogP) is 3.91. The first-order valence-corrected chi connectivity index (χ1v) is 11.3. The van der Waals surface area contributed by atoms with Gasteiger partial charge < -0.3 is 9.80 Å². The fraction of sp³-hybridized carbons (Fsp3) is 0.286. The second-order valence-electron chi connectivity index (χ2n) is 7.28. The summed E-state index contributed by atoms with van der Waals surface area (Å²) < 4.78 is 2.03. The third-order valence-electron chi connectivity index (χ3n) is 5.29. The Morgan fingerprint density at radius 1 is 1.03 bits per heavy atom. The summed E-state index contributed by atoms with van der Waals surface area (Å²) >= 11 is 3.04. The van der Waals surface area contributed by atoms with Crippen LogP contribution in [0.2, 0.25) is 0 Å². The zero-order valence-corrected chi connectivity index (χ0v) is 17.6. The smallest absolute Gasteiger partial charge is 0.264 e. The van der Waals surface area contributed by atoms with E-state index in [9.17, 15) is 9.59 Å². The van der Waals surface area contributed by atoms with Gasteiger partial charge >= 0.3 is 0 Å². The van der Waals surface area contributed by atoms with Crippen molar-refractivity contribution in [3.8, 4) is 0 Å². The van der Waals surface area contributed by atoms with Crippen molar-refractivity contribution in [2.75, 3.05) is 26.2 Å². The van der Waals surface area contributed by atoms with Crippen molar-refractivity contribution in [3.05, 3.63) is 57.9 Å². The lowest BCUT2D eigenvalue weighted by Crippen LogP contribution is -2.37. The fourth-order valence-corrected chi connectivity index (χ4v) is 5.56. The van der Waals surface area contributed by atoms with Gasteiger partial charge in [-0.3, -0.25) is 14.0 Å². The maximum Gasteiger partial charge on any atom is 0.264 e.